The molecule has 0 aliphatic carbocycles. The third-order valence-corrected chi connectivity index (χ3v) is 5.35. The predicted octanol–water partition coefficient (Wildman–Crippen LogP) is 0.542. The minimum Gasteiger partial charge on any atom is -0.485 e. The Morgan fingerprint density at radius 3 is 2.79 bits per heavy atom. The highest BCUT2D eigenvalue weighted by Gasteiger charge is 2.30. The number of esters is 1. The largest absolute Gasteiger partial charge is 0.485 e. The van der Waals surface area contributed by atoms with Crippen LogP contribution in [0.5, 0.6) is 11.5 Å². The number of β-amino-alcohol motifs (C(OH)–C–C–N with tert-alkyl or cyclic N) is 1. The van der Waals surface area contributed by atoms with Crippen molar-refractivity contribution >= 4 is 23.3 Å². The minimum absolute atomic E-state index is 0.00431. The van der Waals surface area contributed by atoms with Gasteiger partial charge in [-0.2, -0.15) is 0 Å². The third-order valence-electron chi connectivity index (χ3n) is 5.04. The molecule has 0 saturated carbocycles. The van der Waals surface area contributed by atoms with Gasteiger partial charge in [0, 0.05) is 19.0 Å². The molecule has 162 valence electrons. The Balaban J connectivity index is 1.53. The van der Waals surface area contributed by atoms with E-state index in [0.29, 0.717) is 45.9 Å². The minimum atomic E-state index is -0.613. The van der Waals surface area contributed by atoms with E-state index in [0.717, 1.165) is 6.54 Å². The number of hydrogen-bond acceptors (Lipinski definition) is 9. The van der Waals surface area contributed by atoms with Crippen LogP contribution in [0.25, 0.3) is 0 Å². The molecule has 0 spiro atoms. The van der Waals surface area contributed by atoms with Crippen LogP contribution in [0.4, 0.5) is 5.69 Å². The number of anilines is 1. The molecule has 0 aromatic heterocycles. The fourth-order valence-electron chi connectivity index (χ4n) is 3.41. The predicted molar refractivity (Wildman–Crippen MR) is 106 cm³/mol. The Morgan fingerprint density at radius 1 is 1.31 bits per heavy atom. The SMILES string of the molecule is Nc1c(Cl)cc(C(=O)OC[C@H]2CCN(CCOCCO)C[C@@H]2O)c2c1OCCO2. The number of likely N-dealkylation sites (tertiary alicyclic amines) is 1. The lowest BCUT2D eigenvalue weighted by atomic mass is 9.95. The Hall–Kier alpha value is -1.78. The van der Waals surface area contributed by atoms with Gasteiger partial charge in [0.05, 0.1) is 43.2 Å². The Kier molecular flexibility index (Phi) is 7.79. The standard InChI is InChI=1S/C19H27ClN2O7/c20-14-9-13(17-18(16(14)21)28-8-7-27-17)19(25)29-11-12-1-2-22(10-15(12)24)3-5-26-6-4-23/h9,12,15,23-24H,1-8,10-11,21H2/t12-,15+/m1/s1. The van der Waals surface area contributed by atoms with Gasteiger partial charge in [-0.15, -0.1) is 0 Å². The maximum Gasteiger partial charge on any atom is 0.342 e. The maximum atomic E-state index is 12.6. The van der Waals surface area contributed by atoms with Crippen LogP contribution >= 0.6 is 11.6 Å². The van der Waals surface area contributed by atoms with E-state index in [1.807, 2.05) is 0 Å². The number of aliphatic hydroxyl groups excluding tert-OH is 2. The Labute approximate surface area is 174 Å². The van der Waals surface area contributed by atoms with Gasteiger partial charge in [-0.3, -0.25) is 4.90 Å². The van der Waals surface area contributed by atoms with Gasteiger partial charge in [0.2, 0.25) is 0 Å². The van der Waals surface area contributed by atoms with Crippen LogP contribution in [0.1, 0.15) is 16.8 Å². The monoisotopic (exact) mass is 430 g/mol. The van der Waals surface area contributed by atoms with E-state index < -0.39 is 12.1 Å². The van der Waals surface area contributed by atoms with Gasteiger partial charge in [-0.05, 0) is 19.0 Å². The maximum absolute atomic E-state index is 12.6. The first kappa shape index (κ1) is 21.9. The molecule has 0 unspecified atom stereocenters. The first-order chi connectivity index (χ1) is 14.0. The molecule has 9 nitrogen and oxygen atoms in total. The van der Waals surface area contributed by atoms with Crippen molar-refractivity contribution in [1.29, 1.82) is 0 Å². The number of carbonyl (C=O) groups is 1. The molecule has 2 aliphatic rings. The second kappa shape index (κ2) is 10.3. The van der Waals surface area contributed by atoms with Gasteiger partial charge >= 0.3 is 5.97 Å². The number of benzene rings is 1. The van der Waals surface area contributed by atoms with E-state index in [4.69, 9.17) is 41.4 Å². The number of aliphatic hydroxyl groups is 2. The van der Waals surface area contributed by atoms with Gasteiger partial charge in [0.1, 0.15) is 18.8 Å². The number of hydrogen-bond donors (Lipinski definition) is 3. The van der Waals surface area contributed by atoms with E-state index >= 15 is 0 Å². The van der Waals surface area contributed by atoms with Gasteiger partial charge in [0.25, 0.3) is 0 Å². The van der Waals surface area contributed by atoms with Crippen molar-refractivity contribution in [3.8, 4) is 11.5 Å². The molecule has 1 aromatic rings. The molecule has 29 heavy (non-hydrogen) atoms. The number of fused-ring (bicyclic) bond motifs is 1. The van der Waals surface area contributed by atoms with Crippen molar-refractivity contribution < 1.29 is 34.0 Å². The van der Waals surface area contributed by atoms with Gasteiger partial charge in [0.15, 0.2) is 11.5 Å². The fourth-order valence-corrected chi connectivity index (χ4v) is 3.61. The number of nitrogens with zero attached hydrogens (tertiary/aromatic N) is 1. The van der Waals surface area contributed by atoms with Crippen LogP contribution in [0.2, 0.25) is 5.02 Å². The lowest BCUT2D eigenvalue weighted by molar-refractivity contribution is -0.0220. The molecular weight excluding hydrogens is 404 g/mol. The zero-order valence-corrected chi connectivity index (χ0v) is 16.9. The lowest BCUT2D eigenvalue weighted by Crippen LogP contribution is -2.46. The van der Waals surface area contributed by atoms with Gasteiger partial charge in [-0.25, -0.2) is 4.79 Å². The highest BCUT2D eigenvalue weighted by molar-refractivity contribution is 6.34. The van der Waals surface area contributed by atoms with Crippen LogP contribution in [0.15, 0.2) is 6.07 Å². The molecule has 1 aromatic carbocycles. The zero-order chi connectivity index (χ0) is 20.8. The summed E-state index contributed by atoms with van der Waals surface area (Å²) in [4.78, 5) is 14.7. The lowest BCUT2D eigenvalue weighted by Gasteiger charge is -2.35. The Bertz CT molecular complexity index is 718. The summed E-state index contributed by atoms with van der Waals surface area (Å²) < 4.78 is 21.7. The quantitative estimate of drug-likeness (QED) is 0.308. The Morgan fingerprint density at radius 2 is 2.07 bits per heavy atom. The van der Waals surface area contributed by atoms with Crippen molar-refractivity contribution in [3.63, 3.8) is 0 Å². The van der Waals surface area contributed by atoms with Crippen LogP contribution in [-0.2, 0) is 9.47 Å². The summed E-state index contributed by atoms with van der Waals surface area (Å²) in [6.45, 7) is 3.43. The fraction of sp³-hybridized carbons (Fsp3) is 0.632. The van der Waals surface area contributed by atoms with Crippen molar-refractivity contribution in [1.82, 2.24) is 4.90 Å². The molecule has 1 saturated heterocycles. The highest BCUT2D eigenvalue weighted by Crippen LogP contribution is 2.43. The number of carbonyl (C=O) groups excluding carboxylic acids is 1. The molecule has 0 radical (unpaired) electrons. The topological polar surface area (TPSA) is 124 Å². The normalized spacial score (nSPS) is 21.8. The second-order valence-electron chi connectivity index (χ2n) is 7.03. The van der Waals surface area contributed by atoms with Crippen LogP contribution in [0, 0.1) is 5.92 Å². The van der Waals surface area contributed by atoms with Gasteiger partial charge in [-0.1, -0.05) is 11.6 Å². The summed E-state index contributed by atoms with van der Waals surface area (Å²) in [6, 6.07) is 1.41. The third kappa shape index (κ3) is 5.43. The number of rotatable bonds is 8. The van der Waals surface area contributed by atoms with Crippen molar-refractivity contribution in [2.24, 2.45) is 5.92 Å². The van der Waals surface area contributed by atoms with E-state index in [2.05, 4.69) is 4.90 Å². The zero-order valence-electron chi connectivity index (χ0n) is 16.1. The number of ether oxygens (including phenoxy) is 4. The number of halogens is 1. The van der Waals surface area contributed by atoms with E-state index in [9.17, 15) is 9.90 Å². The average molecular weight is 431 g/mol. The molecule has 2 aliphatic heterocycles. The summed E-state index contributed by atoms with van der Waals surface area (Å²) in [5.74, 6) is -0.264. The van der Waals surface area contributed by atoms with E-state index in [1.165, 1.54) is 6.07 Å². The van der Waals surface area contributed by atoms with Crippen LogP contribution < -0.4 is 15.2 Å². The van der Waals surface area contributed by atoms with Gasteiger partial charge < -0.3 is 34.9 Å². The highest BCUT2D eigenvalue weighted by atomic mass is 35.5. The summed E-state index contributed by atoms with van der Waals surface area (Å²) in [5, 5.41) is 19.3. The summed E-state index contributed by atoms with van der Waals surface area (Å²) >= 11 is 6.11. The molecule has 1 fully saturated rings. The average Bonchev–Trinajstić information content (AvgIpc) is 2.73. The molecule has 4 N–H and O–H groups in total. The van der Waals surface area contributed by atoms with Crippen molar-refractivity contribution in [3.05, 3.63) is 16.7 Å². The molecule has 2 heterocycles. The molecule has 2 atom stereocenters. The molecular formula is C19H27ClN2O7. The number of nitrogens with two attached hydrogens (primary N) is 1. The first-order valence-corrected chi connectivity index (χ1v) is 10.0. The van der Waals surface area contributed by atoms with E-state index in [-0.39, 0.29) is 46.9 Å². The van der Waals surface area contributed by atoms with Crippen LogP contribution in [0.3, 0.4) is 0 Å². The van der Waals surface area contributed by atoms with Crippen molar-refractivity contribution in [2.45, 2.75) is 12.5 Å². The molecule has 0 amide bonds. The van der Waals surface area contributed by atoms with E-state index in [1.54, 1.807) is 0 Å². The summed E-state index contributed by atoms with van der Waals surface area (Å²) in [5.41, 5.74) is 6.28. The molecule has 3 rings (SSSR count). The second-order valence-corrected chi connectivity index (χ2v) is 7.43. The van der Waals surface area contributed by atoms with Crippen LogP contribution in [-0.4, -0.2) is 86.5 Å². The number of piperidine rings is 1. The summed E-state index contributed by atoms with van der Waals surface area (Å²) in [6.07, 6.45) is 0.0761. The first-order valence-electron chi connectivity index (χ1n) is 9.65. The molecule has 0 bridgehead atoms. The molecule has 10 heteroatoms. The smallest absolute Gasteiger partial charge is 0.342 e. The number of nitrogen functional groups attached to an aromatic ring is 1. The van der Waals surface area contributed by atoms with Crippen molar-refractivity contribution in [2.75, 3.05) is 65.0 Å². The summed E-state index contributed by atoms with van der Waals surface area (Å²) in [7, 11) is 0.